The highest BCUT2D eigenvalue weighted by Crippen LogP contribution is 2.35. The quantitative estimate of drug-likeness (QED) is 0.618. The Morgan fingerprint density at radius 2 is 1.86 bits per heavy atom. The van der Waals surface area contributed by atoms with Crippen LogP contribution in [0.3, 0.4) is 0 Å². The van der Waals surface area contributed by atoms with Gasteiger partial charge < -0.3 is 15.0 Å². The summed E-state index contributed by atoms with van der Waals surface area (Å²) in [4.78, 5) is 52.9. The highest BCUT2D eigenvalue weighted by Gasteiger charge is 2.53. The van der Waals surface area contributed by atoms with Crippen LogP contribution in [0.2, 0.25) is 0 Å². The second-order valence-electron chi connectivity index (χ2n) is 7.64. The number of rotatable bonds is 3. The highest BCUT2D eigenvalue weighted by molar-refractivity contribution is 6.09. The van der Waals surface area contributed by atoms with Gasteiger partial charge >= 0.3 is 12.0 Å². The average Bonchev–Trinajstić information content (AvgIpc) is 3.27. The molecular weight excluding hydrogens is 362 g/mol. The molecule has 1 aromatic rings. The lowest BCUT2D eigenvalue weighted by Gasteiger charge is -2.35. The van der Waals surface area contributed by atoms with Gasteiger partial charge in [0.2, 0.25) is 5.91 Å². The molecule has 8 nitrogen and oxygen atoms in total. The first kappa shape index (κ1) is 18.5. The lowest BCUT2D eigenvalue weighted by Crippen LogP contribution is -2.53. The van der Waals surface area contributed by atoms with E-state index >= 15 is 0 Å². The predicted molar refractivity (Wildman–Crippen MR) is 97.9 cm³/mol. The molecule has 0 unspecified atom stereocenters. The van der Waals surface area contributed by atoms with E-state index < -0.39 is 29.5 Å². The number of nitrogens with zero attached hydrogens (tertiary/aromatic N) is 2. The third kappa shape index (κ3) is 2.93. The van der Waals surface area contributed by atoms with Crippen molar-refractivity contribution < 1.29 is 23.9 Å². The SMILES string of the molecule is COC(=O)[C@@H]1Cc2ccccc2CN1C(=O)CN1C(=O)NC2(CCCC2)C1=O. The van der Waals surface area contributed by atoms with Crippen molar-refractivity contribution in [1.82, 2.24) is 15.1 Å². The zero-order valence-electron chi connectivity index (χ0n) is 15.8. The lowest BCUT2D eigenvalue weighted by molar-refractivity contribution is -0.154. The average molecular weight is 385 g/mol. The molecule has 1 aromatic carbocycles. The monoisotopic (exact) mass is 385 g/mol. The third-order valence-electron chi connectivity index (χ3n) is 6.04. The van der Waals surface area contributed by atoms with Crippen molar-refractivity contribution in [1.29, 1.82) is 0 Å². The van der Waals surface area contributed by atoms with E-state index in [0.717, 1.165) is 28.9 Å². The van der Waals surface area contributed by atoms with E-state index in [1.54, 1.807) is 0 Å². The smallest absolute Gasteiger partial charge is 0.328 e. The summed E-state index contributed by atoms with van der Waals surface area (Å²) in [6.45, 7) is -0.133. The standard InChI is InChI=1S/C20H23N3O5/c1-28-17(25)15-10-13-6-2-3-7-14(13)11-22(15)16(24)12-23-18(26)20(21-19(23)27)8-4-5-9-20/h2-3,6-7,15H,4-5,8-12H2,1H3,(H,21,27)/t15-/m0/s1. The van der Waals surface area contributed by atoms with Gasteiger partial charge in [-0.05, 0) is 24.0 Å². The van der Waals surface area contributed by atoms with Crippen molar-refractivity contribution >= 4 is 23.8 Å². The van der Waals surface area contributed by atoms with Crippen LogP contribution in [0.15, 0.2) is 24.3 Å². The van der Waals surface area contributed by atoms with E-state index in [0.29, 0.717) is 19.3 Å². The summed E-state index contributed by atoms with van der Waals surface area (Å²) >= 11 is 0. The number of esters is 1. The number of benzene rings is 1. The van der Waals surface area contributed by atoms with E-state index in [2.05, 4.69) is 5.32 Å². The van der Waals surface area contributed by atoms with Crippen LogP contribution in [0, 0.1) is 0 Å². The fourth-order valence-corrected chi connectivity index (χ4v) is 4.50. The Labute approximate surface area is 162 Å². The molecule has 0 radical (unpaired) electrons. The van der Waals surface area contributed by atoms with Gasteiger partial charge in [0.05, 0.1) is 7.11 Å². The molecule has 28 heavy (non-hydrogen) atoms. The van der Waals surface area contributed by atoms with E-state index in [4.69, 9.17) is 4.74 Å². The van der Waals surface area contributed by atoms with Gasteiger partial charge in [-0.25, -0.2) is 9.59 Å². The largest absolute Gasteiger partial charge is 0.467 e. The molecule has 0 aromatic heterocycles. The minimum atomic E-state index is -0.854. The van der Waals surface area contributed by atoms with E-state index in [1.807, 2.05) is 24.3 Å². The molecular formula is C20H23N3O5. The number of amides is 4. The maximum absolute atomic E-state index is 13.0. The minimum Gasteiger partial charge on any atom is -0.467 e. The van der Waals surface area contributed by atoms with E-state index in [1.165, 1.54) is 12.0 Å². The molecule has 8 heteroatoms. The van der Waals surface area contributed by atoms with Crippen molar-refractivity contribution in [2.75, 3.05) is 13.7 Å². The topological polar surface area (TPSA) is 96.0 Å². The van der Waals surface area contributed by atoms with Crippen molar-refractivity contribution in [3.8, 4) is 0 Å². The molecule has 2 heterocycles. The van der Waals surface area contributed by atoms with Crippen LogP contribution < -0.4 is 5.32 Å². The number of carbonyl (C=O) groups excluding carboxylic acids is 4. The Balaban J connectivity index is 1.55. The molecule has 3 aliphatic rings. The third-order valence-corrected chi connectivity index (χ3v) is 6.04. The van der Waals surface area contributed by atoms with Gasteiger partial charge in [-0.1, -0.05) is 37.1 Å². The van der Waals surface area contributed by atoms with E-state index in [9.17, 15) is 19.2 Å². The molecule has 2 aliphatic heterocycles. The lowest BCUT2D eigenvalue weighted by atomic mass is 9.93. The number of nitrogens with one attached hydrogen (secondary N) is 1. The highest BCUT2D eigenvalue weighted by atomic mass is 16.5. The van der Waals surface area contributed by atoms with Crippen LogP contribution in [0.4, 0.5) is 4.79 Å². The fraction of sp³-hybridized carbons (Fsp3) is 0.500. The number of carbonyl (C=O) groups is 4. The van der Waals surface area contributed by atoms with Crippen molar-refractivity contribution in [2.24, 2.45) is 0 Å². The first-order valence-electron chi connectivity index (χ1n) is 9.53. The molecule has 4 rings (SSSR count). The van der Waals surface area contributed by atoms with Crippen LogP contribution in [0.25, 0.3) is 0 Å². The van der Waals surface area contributed by atoms with Crippen molar-refractivity contribution in [3.05, 3.63) is 35.4 Å². The molecule has 1 saturated carbocycles. The summed E-state index contributed by atoms with van der Waals surface area (Å²) in [5.41, 5.74) is 1.08. The molecule has 4 amide bonds. The summed E-state index contributed by atoms with van der Waals surface area (Å²) in [6, 6.07) is 6.29. The Morgan fingerprint density at radius 3 is 2.54 bits per heavy atom. The first-order valence-corrected chi connectivity index (χ1v) is 9.53. The molecule has 1 aliphatic carbocycles. The molecule has 1 saturated heterocycles. The van der Waals surface area contributed by atoms with Crippen LogP contribution in [0.5, 0.6) is 0 Å². The van der Waals surface area contributed by atoms with Gasteiger partial charge in [-0.15, -0.1) is 0 Å². The fourth-order valence-electron chi connectivity index (χ4n) is 4.50. The predicted octanol–water partition coefficient (Wildman–Crippen LogP) is 0.977. The number of fused-ring (bicyclic) bond motifs is 1. The number of imide groups is 1. The van der Waals surface area contributed by atoms with Gasteiger partial charge in [-0.3, -0.25) is 14.5 Å². The number of hydrogen-bond acceptors (Lipinski definition) is 5. The second-order valence-corrected chi connectivity index (χ2v) is 7.64. The van der Waals surface area contributed by atoms with Crippen molar-refractivity contribution in [3.63, 3.8) is 0 Å². The number of urea groups is 1. The Bertz CT molecular complexity index is 846. The summed E-state index contributed by atoms with van der Waals surface area (Å²) < 4.78 is 4.88. The molecule has 2 fully saturated rings. The normalized spacial score (nSPS) is 23.0. The summed E-state index contributed by atoms with van der Waals surface area (Å²) in [5.74, 6) is -1.29. The Hall–Kier alpha value is -2.90. The Kier molecular flexibility index (Phi) is 4.56. The van der Waals surface area contributed by atoms with Gasteiger partial charge in [0, 0.05) is 13.0 Å². The van der Waals surface area contributed by atoms with Crippen LogP contribution in [-0.2, 0) is 32.1 Å². The zero-order chi connectivity index (χ0) is 19.9. The van der Waals surface area contributed by atoms with E-state index in [-0.39, 0.29) is 19.0 Å². The van der Waals surface area contributed by atoms with Crippen molar-refractivity contribution in [2.45, 2.75) is 50.2 Å². The summed E-state index contributed by atoms with van der Waals surface area (Å²) in [5, 5.41) is 2.77. The molecule has 0 bridgehead atoms. The number of methoxy groups -OCH3 is 1. The molecule has 1 atom stereocenters. The maximum atomic E-state index is 13.0. The molecule has 1 spiro atoms. The zero-order valence-corrected chi connectivity index (χ0v) is 15.8. The molecule has 148 valence electrons. The number of hydrogen-bond donors (Lipinski definition) is 1. The Morgan fingerprint density at radius 1 is 1.18 bits per heavy atom. The van der Waals surface area contributed by atoms with Crippen LogP contribution in [-0.4, -0.2) is 58.8 Å². The summed E-state index contributed by atoms with van der Waals surface area (Å²) in [7, 11) is 1.28. The van der Waals surface area contributed by atoms with Gasteiger partial charge in [0.15, 0.2) is 0 Å². The minimum absolute atomic E-state index is 0.240. The molecule has 1 N–H and O–H groups in total. The van der Waals surface area contributed by atoms with Gasteiger partial charge in [-0.2, -0.15) is 0 Å². The van der Waals surface area contributed by atoms with Gasteiger partial charge in [0.25, 0.3) is 5.91 Å². The maximum Gasteiger partial charge on any atom is 0.328 e. The summed E-state index contributed by atoms with van der Waals surface area (Å²) in [6.07, 6.45) is 3.30. The second kappa shape index (κ2) is 6.92. The number of ether oxygens (including phenoxy) is 1. The van der Waals surface area contributed by atoms with Crippen LogP contribution >= 0.6 is 0 Å². The van der Waals surface area contributed by atoms with Gasteiger partial charge in [0.1, 0.15) is 18.1 Å². The first-order chi connectivity index (χ1) is 13.4. The van der Waals surface area contributed by atoms with Crippen LogP contribution in [0.1, 0.15) is 36.8 Å².